The molecule has 3 heteroatoms. The second-order valence-electron chi connectivity index (χ2n) is 1.13. The highest BCUT2D eigenvalue weighted by molar-refractivity contribution is 4.20. The summed E-state index contributed by atoms with van der Waals surface area (Å²) < 4.78 is 25.9. The Bertz CT molecular complexity index is 38.7. The average molecular weight is 110 g/mol. The topological polar surface area (TPSA) is 9.23 Å². The van der Waals surface area contributed by atoms with Crippen LogP contribution >= 0.6 is 0 Å². The molecule has 0 aliphatic rings. The summed E-state index contributed by atoms with van der Waals surface area (Å²) in [6.07, 6.45) is 0.643. The molecule has 44 valence electrons. The normalized spacial score (nSPS) is 10.3. The Kier molecular flexibility index (Phi) is 3.89. The van der Waals surface area contributed by atoms with E-state index in [4.69, 9.17) is 0 Å². The van der Waals surface area contributed by atoms with Crippen LogP contribution in [0.5, 0.6) is 0 Å². The highest BCUT2D eigenvalue weighted by Crippen LogP contribution is 1.93. The van der Waals surface area contributed by atoms with Gasteiger partial charge < -0.3 is 4.74 Å². The molecule has 0 aliphatic heterocycles. The number of alkyl halides is 2. The summed E-state index contributed by atoms with van der Waals surface area (Å²) >= 11 is 0. The first-order valence-corrected chi connectivity index (χ1v) is 2.17. The maximum absolute atomic E-state index is 11.0. The van der Waals surface area contributed by atoms with E-state index in [1.165, 1.54) is 0 Å². The summed E-state index contributed by atoms with van der Waals surface area (Å²) in [5.41, 5.74) is 0. The lowest BCUT2D eigenvalue weighted by atomic mass is 10.5. The van der Waals surface area contributed by atoms with E-state index in [1.807, 2.05) is 0 Å². The van der Waals surface area contributed by atoms with Crippen molar-refractivity contribution in [1.29, 1.82) is 0 Å². The molecule has 7 heavy (non-hydrogen) atoms. The van der Waals surface area contributed by atoms with Crippen LogP contribution in [-0.4, -0.2) is 13.2 Å². The first kappa shape index (κ1) is 6.82. The molecule has 0 N–H and O–H groups in total. The van der Waals surface area contributed by atoms with Gasteiger partial charge in [0.1, 0.15) is 0 Å². The second kappa shape index (κ2) is 3.99. The molecule has 0 atom stereocenters. The van der Waals surface area contributed by atoms with E-state index in [1.54, 1.807) is 6.92 Å². The summed E-state index contributed by atoms with van der Waals surface area (Å²) in [7, 11) is 0. The molecule has 0 fully saturated rings. The van der Waals surface area contributed by atoms with Gasteiger partial charge in [-0.1, -0.05) is 6.92 Å². The first-order chi connectivity index (χ1) is 3.27. The van der Waals surface area contributed by atoms with Gasteiger partial charge in [0.2, 0.25) is 0 Å². The fraction of sp³-hybridized carbons (Fsp3) is 1.00. The van der Waals surface area contributed by atoms with Gasteiger partial charge in [-0.25, -0.2) is 0 Å². The number of halogens is 2. The molecular formula is C4H8F2O. The zero-order valence-corrected chi connectivity index (χ0v) is 4.16. The predicted octanol–water partition coefficient (Wildman–Crippen LogP) is 1.64. The van der Waals surface area contributed by atoms with E-state index < -0.39 is 6.61 Å². The SMILES string of the molecule is CCCOC(F)F. The summed E-state index contributed by atoms with van der Waals surface area (Å²) in [6.45, 7) is -0.667. The van der Waals surface area contributed by atoms with Crippen LogP contribution in [0.1, 0.15) is 13.3 Å². The smallest absolute Gasteiger partial charge is 0.323 e. The molecule has 0 saturated heterocycles. The zero-order chi connectivity index (χ0) is 5.70. The minimum absolute atomic E-state index is 0.150. The lowest BCUT2D eigenvalue weighted by molar-refractivity contribution is -0.128. The minimum atomic E-state index is -2.60. The van der Waals surface area contributed by atoms with Crippen molar-refractivity contribution in [3.05, 3.63) is 0 Å². The zero-order valence-electron chi connectivity index (χ0n) is 4.16. The fourth-order valence-corrected chi connectivity index (χ4v) is 0.207. The molecule has 0 aliphatic carbocycles. The molecule has 0 aromatic heterocycles. The standard InChI is InChI=1S/C4H8F2O/c1-2-3-7-4(5)6/h4H,2-3H2,1H3. The molecule has 0 amide bonds. The van der Waals surface area contributed by atoms with E-state index in [0.29, 0.717) is 6.42 Å². The third-order valence-electron chi connectivity index (χ3n) is 0.448. The minimum Gasteiger partial charge on any atom is -0.323 e. The first-order valence-electron chi connectivity index (χ1n) is 2.17. The number of ether oxygens (including phenoxy) is 1. The molecule has 0 aromatic rings. The lowest BCUT2D eigenvalue weighted by Gasteiger charge is -1.95. The van der Waals surface area contributed by atoms with Crippen LogP contribution < -0.4 is 0 Å². The Morgan fingerprint density at radius 2 is 2.14 bits per heavy atom. The number of rotatable bonds is 3. The van der Waals surface area contributed by atoms with Crippen LogP contribution in [-0.2, 0) is 4.74 Å². The van der Waals surface area contributed by atoms with Gasteiger partial charge in [-0.2, -0.15) is 8.78 Å². The van der Waals surface area contributed by atoms with Crippen LogP contribution in [0.4, 0.5) is 8.78 Å². The van der Waals surface area contributed by atoms with Crippen molar-refractivity contribution in [3.8, 4) is 0 Å². The van der Waals surface area contributed by atoms with Gasteiger partial charge in [-0.15, -0.1) is 0 Å². The van der Waals surface area contributed by atoms with E-state index >= 15 is 0 Å². The second-order valence-corrected chi connectivity index (χ2v) is 1.13. The largest absolute Gasteiger partial charge is 0.345 e. The van der Waals surface area contributed by atoms with Gasteiger partial charge in [0, 0.05) is 0 Å². The molecule has 0 saturated carbocycles. The molecule has 0 unspecified atom stereocenters. The monoisotopic (exact) mass is 110 g/mol. The third kappa shape index (κ3) is 5.82. The van der Waals surface area contributed by atoms with E-state index in [0.717, 1.165) is 0 Å². The Labute approximate surface area is 41.3 Å². The Morgan fingerprint density at radius 1 is 1.57 bits per heavy atom. The fourth-order valence-electron chi connectivity index (χ4n) is 0.207. The Hall–Kier alpha value is -0.180. The van der Waals surface area contributed by atoms with E-state index in [9.17, 15) is 8.78 Å². The Balaban J connectivity index is 2.68. The molecule has 0 radical (unpaired) electrons. The highest BCUT2D eigenvalue weighted by Gasteiger charge is 1.96. The lowest BCUT2D eigenvalue weighted by Crippen LogP contribution is -1.98. The van der Waals surface area contributed by atoms with Crippen molar-refractivity contribution in [2.75, 3.05) is 6.61 Å². The van der Waals surface area contributed by atoms with Crippen molar-refractivity contribution >= 4 is 0 Å². The molecule has 0 aromatic carbocycles. The maximum Gasteiger partial charge on any atom is 0.345 e. The molecule has 0 bridgehead atoms. The molecule has 0 spiro atoms. The van der Waals surface area contributed by atoms with Crippen molar-refractivity contribution in [1.82, 2.24) is 0 Å². The van der Waals surface area contributed by atoms with Crippen molar-refractivity contribution in [3.63, 3.8) is 0 Å². The van der Waals surface area contributed by atoms with Crippen LogP contribution in [0.2, 0.25) is 0 Å². The van der Waals surface area contributed by atoms with Gasteiger partial charge in [0.05, 0.1) is 6.61 Å². The third-order valence-corrected chi connectivity index (χ3v) is 0.448. The van der Waals surface area contributed by atoms with Crippen LogP contribution in [0.15, 0.2) is 0 Å². The van der Waals surface area contributed by atoms with E-state index in [-0.39, 0.29) is 6.61 Å². The summed E-state index contributed by atoms with van der Waals surface area (Å²) in [5.74, 6) is 0. The highest BCUT2D eigenvalue weighted by atomic mass is 19.3. The predicted molar refractivity (Wildman–Crippen MR) is 22.2 cm³/mol. The average Bonchev–Trinajstić information content (AvgIpc) is 1.61. The van der Waals surface area contributed by atoms with Gasteiger partial charge in [0.25, 0.3) is 0 Å². The number of hydrogen-bond donors (Lipinski definition) is 0. The quantitative estimate of drug-likeness (QED) is 0.536. The summed E-state index contributed by atoms with van der Waals surface area (Å²) in [4.78, 5) is 0. The van der Waals surface area contributed by atoms with Crippen LogP contribution in [0.3, 0.4) is 0 Å². The molecule has 0 rings (SSSR count). The van der Waals surface area contributed by atoms with Crippen LogP contribution in [0, 0.1) is 0 Å². The number of hydrogen-bond acceptors (Lipinski definition) is 1. The molecule has 1 nitrogen and oxygen atoms in total. The van der Waals surface area contributed by atoms with Crippen molar-refractivity contribution in [2.24, 2.45) is 0 Å². The maximum atomic E-state index is 11.0. The molecular weight excluding hydrogens is 102 g/mol. The van der Waals surface area contributed by atoms with Gasteiger partial charge in [-0.3, -0.25) is 0 Å². The van der Waals surface area contributed by atoms with Crippen molar-refractivity contribution < 1.29 is 13.5 Å². The van der Waals surface area contributed by atoms with Crippen LogP contribution in [0.25, 0.3) is 0 Å². The van der Waals surface area contributed by atoms with Gasteiger partial charge in [-0.05, 0) is 6.42 Å². The van der Waals surface area contributed by atoms with E-state index in [2.05, 4.69) is 4.74 Å². The van der Waals surface area contributed by atoms with Gasteiger partial charge >= 0.3 is 6.61 Å². The summed E-state index contributed by atoms with van der Waals surface area (Å²) in [6, 6.07) is 0. The van der Waals surface area contributed by atoms with Crippen molar-refractivity contribution in [2.45, 2.75) is 20.0 Å². The molecule has 0 heterocycles. The summed E-state index contributed by atoms with van der Waals surface area (Å²) in [5, 5.41) is 0. The van der Waals surface area contributed by atoms with Gasteiger partial charge in [0.15, 0.2) is 0 Å². The Morgan fingerprint density at radius 3 is 2.29 bits per heavy atom.